The molecule has 0 spiro atoms. The molecular formula is C30H64AlCl4FKLiO6S17. The van der Waals surface area contributed by atoms with Crippen molar-refractivity contribution in [3.8, 4) is 0 Å². The van der Waals surface area contributed by atoms with Crippen molar-refractivity contribution in [2.24, 2.45) is 0 Å². The van der Waals surface area contributed by atoms with Crippen molar-refractivity contribution in [1.82, 2.24) is 0 Å². The summed E-state index contributed by atoms with van der Waals surface area (Å²) < 4.78 is 40.7. The van der Waals surface area contributed by atoms with E-state index in [1.54, 1.807) is 35.3 Å². The molecule has 4 aliphatic heterocycles. The minimum atomic E-state index is -4.67. The molecule has 4 aliphatic rings. The molecule has 4 saturated heterocycles. The fourth-order valence-corrected chi connectivity index (χ4v) is 26.3. The Morgan fingerprint density at radius 2 is 0.787 bits per heavy atom. The van der Waals surface area contributed by atoms with Crippen molar-refractivity contribution in [1.29, 1.82) is 0 Å². The van der Waals surface area contributed by atoms with Gasteiger partial charge in [0.25, 0.3) is 0 Å². The number of aldehydes is 1. The number of carbonyl (C=O) groups is 1. The number of thiol groups is 3. The third-order valence-electron chi connectivity index (χ3n) is 5.30. The Balaban J connectivity index is -0.0000000573. The van der Waals surface area contributed by atoms with Crippen LogP contribution in [0.1, 0.15) is 50.3 Å². The fraction of sp³-hybridized carbons (Fsp3) is 0.767. The Bertz CT molecular complexity index is 970. The van der Waals surface area contributed by atoms with Crippen LogP contribution in [0, 0.1) is 0 Å². The largest absolute Gasteiger partial charge is 1.00 e. The van der Waals surface area contributed by atoms with Crippen LogP contribution in [0.4, 0.5) is 4.70 Å². The molecule has 4 fully saturated rings. The van der Waals surface area contributed by atoms with Crippen LogP contribution in [-0.4, -0.2) is 129 Å². The normalized spacial score (nSPS) is 26.1. The summed E-state index contributed by atoms with van der Waals surface area (Å²) in [6.07, 6.45) is 4.61. The van der Waals surface area contributed by atoms with E-state index in [0.29, 0.717) is 51.4 Å². The summed E-state index contributed by atoms with van der Waals surface area (Å²) in [6.45, 7) is 18.3. The Morgan fingerprint density at radius 1 is 0.623 bits per heavy atom. The van der Waals surface area contributed by atoms with E-state index < -0.39 is 10.4 Å². The molecule has 4 heterocycles. The second-order valence-corrected chi connectivity index (χ2v) is 32.5. The Labute approximate surface area is 531 Å². The van der Waals surface area contributed by atoms with E-state index in [1.807, 2.05) is 70.6 Å². The summed E-state index contributed by atoms with van der Waals surface area (Å²) in [7, 11) is -4.67. The number of thioether (sulfide) groups is 12. The number of alkyl halides is 4. The zero-order valence-electron chi connectivity index (χ0n) is 34.1. The van der Waals surface area contributed by atoms with Gasteiger partial charge in [-0.25, -0.2) is 0 Å². The zero-order chi connectivity index (χ0) is 41.7. The van der Waals surface area contributed by atoms with Crippen molar-refractivity contribution in [3.05, 3.63) is 32.4 Å². The maximum Gasteiger partial charge on any atom is 1.00 e. The van der Waals surface area contributed by atoms with Gasteiger partial charge in [0, 0.05) is 49.0 Å². The van der Waals surface area contributed by atoms with Crippen LogP contribution >= 0.6 is 239 Å². The van der Waals surface area contributed by atoms with E-state index in [0.717, 1.165) is 43.7 Å². The van der Waals surface area contributed by atoms with Gasteiger partial charge in [-0.2, -0.15) is 59.8 Å². The van der Waals surface area contributed by atoms with Crippen molar-refractivity contribution in [3.63, 3.8) is 0 Å². The molecule has 0 saturated carbocycles. The number of carbonyl (C=O) groups excluding carboxylic acids is 1. The predicted molar refractivity (Wildman–Crippen MR) is 323 cm³/mol. The molecule has 61 heavy (non-hydrogen) atoms. The van der Waals surface area contributed by atoms with Gasteiger partial charge < -0.3 is 11.7 Å². The van der Waals surface area contributed by atoms with Gasteiger partial charge in [-0.1, -0.05) is 83.2 Å². The molecule has 0 aromatic heterocycles. The van der Waals surface area contributed by atoms with Crippen LogP contribution in [0.15, 0.2) is 32.4 Å². The topological polar surface area (TPSA) is 122 Å². The first-order chi connectivity index (χ1) is 25.5. The molecule has 0 unspecified atom stereocenters. The molecule has 0 aromatic carbocycles. The third-order valence-corrected chi connectivity index (χ3v) is 28.4. The Hall–Kier alpha value is 8.18. The van der Waals surface area contributed by atoms with Crippen molar-refractivity contribution in [2.75, 3.05) is 40.8 Å². The predicted octanol–water partition coefficient (Wildman–Crippen LogP) is 8.56. The van der Waals surface area contributed by atoms with Crippen LogP contribution in [0.25, 0.3) is 0 Å². The maximum atomic E-state index is 9.04. The molecule has 0 atom stereocenters. The average Bonchev–Trinajstić information content (AvgIpc) is 3.16. The first-order valence-electron chi connectivity index (χ1n) is 15.7. The molecule has 0 aromatic rings. The monoisotopic (exact) mass is 1300 g/mol. The molecule has 0 radical (unpaired) electrons. The van der Waals surface area contributed by atoms with Crippen LogP contribution in [0.5, 0.6) is 0 Å². The minimum Gasteiger partial charge on any atom is -1.00 e. The van der Waals surface area contributed by atoms with Crippen LogP contribution in [0.2, 0.25) is 0 Å². The van der Waals surface area contributed by atoms with E-state index >= 15 is 0 Å². The molecule has 4 rings (SSSR count). The first kappa shape index (κ1) is 88.8. The first-order valence-corrected chi connectivity index (χ1v) is 32.1. The molecule has 0 amide bonds. The zero-order valence-corrected chi connectivity index (χ0v) is 53.5. The summed E-state index contributed by atoms with van der Waals surface area (Å²) in [5.74, 6) is 4.99. The van der Waals surface area contributed by atoms with Crippen molar-refractivity contribution < 1.29 is 106 Å². The second kappa shape index (κ2) is 57.5. The van der Waals surface area contributed by atoms with Gasteiger partial charge in [-0.15, -0.1) is 152 Å². The summed E-state index contributed by atoms with van der Waals surface area (Å²) >= 11 is 58.1. The van der Waals surface area contributed by atoms with E-state index in [1.165, 1.54) is 19.3 Å². The molecular weight excluding hydrogens is 1240 g/mol. The van der Waals surface area contributed by atoms with Crippen LogP contribution in [0.3, 0.4) is 0 Å². The Kier molecular flexibility index (Phi) is 83.6. The molecule has 362 valence electrons. The van der Waals surface area contributed by atoms with Crippen LogP contribution < -0.4 is 70.2 Å². The summed E-state index contributed by atoms with van der Waals surface area (Å²) in [4.78, 5) is 9.04. The molecule has 0 aliphatic carbocycles. The van der Waals surface area contributed by atoms with E-state index in [-0.39, 0.29) is 127 Å². The molecule has 31 heteroatoms. The van der Waals surface area contributed by atoms with Gasteiger partial charge >= 0.3 is 80.6 Å². The second-order valence-electron chi connectivity index (χ2n) is 9.52. The summed E-state index contributed by atoms with van der Waals surface area (Å²) in [5, 5.41) is 0. The van der Waals surface area contributed by atoms with Crippen molar-refractivity contribution >= 4 is 273 Å². The van der Waals surface area contributed by atoms with Crippen molar-refractivity contribution in [2.45, 2.75) is 88.7 Å². The van der Waals surface area contributed by atoms with E-state index in [4.69, 9.17) is 68.7 Å². The van der Waals surface area contributed by atoms with Gasteiger partial charge in [0.15, 0.2) is 17.4 Å². The van der Waals surface area contributed by atoms with Crippen LogP contribution in [-0.2, 0) is 15.2 Å². The van der Waals surface area contributed by atoms with Gasteiger partial charge in [0.05, 0.1) is 47.1 Å². The quantitative estimate of drug-likeness (QED) is 0.0472. The van der Waals surface area contributed by atoms with Gasteiger partial charge in [-0.3, -0.25) is 13.8 Å². The number of halogens is 5. The minimum absolute atomic E-state index is 0. The maximum absolute atomic E-state index is 9.04. The SMILES string of the molecule is C.C=C1SC(=C)SC(=C)S1.CCC1SC(CC)SC(CC)S1.ClCC1SC(CCl)SC(CCl)S1.F.O=CCCl.O=S(=O)(O)O.S.SCC1SC(CS)SC(CS)S1.[3HH].[AlH3].[H-].[K+].[Li+].[OH-]. The third kappa shape index (κ3) is 52.8. The average molecular weight is 1300 g/mol. The molecule has 6 nitrogen and oxygen atoms in total. The molecule has 0 bridgehead atoms. The summed E-state index contributed by atoms with van der Waals surface area (Å²) in [5.41, 5.74) is 0. The van der Waals surface area contributed by atoms with E-state index in [9.17, 15) is 0 Å². The standard InChI is InChI=1S/C9H18S3.C6H9Cl3S3.C6H12S6.C6H6S3.C2H3ClO.CH4.Al.FH.K.Li.H2O4S.H2O.H2S.H2.4H/c1-4-7-10-8(5-2)12-9(6-3)11-7;2*7-1-4-10-5(2-8)12-6(3-9)11-4;1-4-7-5(2)9-6(3)8-4;3-1-2-4;;;;;;1-5(2,3)4;;;;;;;/h7-9H,4-6H2,1-3H3;4-6H,1-3H2;4-9H,1-3H2;1-3H2;2H,1H2;1H4;;1H;;;(H2,1,2,3,4);2*1H2;1H;;;;/q;;;;;;;;2*+1;;;;;;;;-1/p-1/i;;;;;;;;;;;;;1+2;;;;. The number of hydrogen-bond acceptors (Lipinski definition) is 19. The fourth-order valence-electron chi connectivity index (χ4n) is 3.31. The summed E-state index contributed by atoms with van der Waals surface area (Å²) in [6, 6.07) is 0. The van der Waals surface area contributed by atoms with Gasteiger partial charge in [-0.05, 0) is 19.3 Å². The molecule has 3 N–H and O–H groups in total. The smallest absolute Gasteiger partial charge is 1.00 e. The number of rotatable bonds is 10. The van der Waals surface area contributed by atoms with E-state index in [2.05, 4.69) is 114 Å². The number of hydrogen-bond donors (Lipinski definition) is 5. The van der Waals surface area contributed by atoms with Gasteiger partial charge in [0.1, 0.15) is 6.29 Å². The van der Waals surface area contributed by atoms with Gasteiger partial charge in [0.2, 0.25) is 0 Å². The Morgan fingerprint density at radius 3 is 0.918 bits per heavy atom.